The second kappa shape index (κ2) is 7.89. The van der Waals surface area contributed by atoms with Crippen LogP contribution in [0, 0.1) is 5.82 Å². The molecule has 0 fully saturated rings. The SMILES string of the molecule is COc1ccccc1-c1noc(Cn2c(=O)n(-c3cccc(F)c3)c(=O)c3sccc32)n1. The average Bonchev–Trinajstić information content (AvgIpc) is 3.47. The van der Waals surface area contributed by atoms with Crippen LogP contribution in [0.2, 0.25) is 0 Å². The molecule has 0 unspecified atom stereocenters. The number of fused-ring (bicyclic) bond motifs is 1. The third-order valence-corrected chi connectivity index (χ3v) is 5.82. The van der Waals surface area contributed by atoms with Gasteiger partial charge in [0.15, 0.2) is 0 Å². The average molecular weight is 450 g/mol. The molecule has 0 aliphatic heterocycles. The summed E-state index contributed by atoms with van der Waals surface area (Å²) in [6.45, 7) is -0.0657. The number of thiophene rings is 1. The lowest BCUT2D eigenvalue weighted by atomic mass is 10.2. The Morgan fingerprint density at radius 1 is 1.12 bits per heavy atom. The first-order valence-corrected chi connectivity index (χ1v) is 10.4. The fraction of sp³-hybridized carbons (Fsp3) is 0.0909. The van der Waals surface area contributed by atoms with Crippen molar-refractivity contribution < 1.29 is 13.7 Å². The molecule has 0 amide bonds. The van der Waals surface area contributed by atoms with Crippen molar-refractivity contribution in [2.45, 2.75) is 6.54 Å². The third-order valence-electron chi connectivity index (χ3n) is 4.93. The number of halogens is 1. The number of ether oxygens (including phenoxy) is 1. The van der Waals surface area contributed by atoms with Crippen molar-refractivity contribution in [1.29, 1.82) is 0 Å². The topological polar surface area (TPSA) is 92.2 Å². The molecule has 0 saturated carbocycles. The lowest BCUT2D eigenvalue weighted by Gasteiger charge is -2.10. The van der Waals surface area contributed by atoms with E-state index in [1.54, 1.807) is 30.7 Å². The molecule has 5 aromatic rings. The number of para-hydroxylation sites is 1. The summed E-state index contributed by atoms with van der Waals surface area (Å²) >= 11 is 1.20. The molecule has 160 valence electrons. The summed E-state index contributed by atoms with van der Waals surface area (Å²) in [5.41, 5.74) is 0.0763. The van der Waals surface area contributed by atoms with Crippen LogP contribution in [0.5, 0.6) is 5.75 Å². The highest BCUT2D eigenvalue weighted by Crippen LogP contribution is 2.27. The Labute approximate surface area is 183 Å². The van der Waals surface area contributed by atoms with Crippen LogP contribution in [0.15, 0.2) is 74.1 Å². The highest BCUT2D eigenvalue weighted by molar-refractivity contribution is 7.17. The van der Waals surface area contributed by atoms with E-state index in [4.69, 9.17) is 9.26 Å². The molecule has 10 heteroatoms. The summed E-state index contributed by atoms with van der Waals surface area (Å²) in [4.78, 5) is 30.6. The lowest BCUT2D eigenvalue weighted by molar-refractivity contribution is 0.369. The van der Waals surface area contributed by atoms with E-state index in [9.17, 15) is 14.0 Å². The van der Waals surface area contributed by atoms with Crippen LogP contribution in [0.25, 0.3) is 27.3 Å². The quantitative estimate of drug-likeness (QED) is 0.407. The maximum absolute atomic E-state index is 13.8. The number of hydrogen-bond donors (Lipinski definition) is 0. The zero-order chi connectivity index (χ0) is 22.2. The molecular formula is C22H15FN4O4S. The minimum atomic E-state index is -0.636. The fourth-order valence-corrected chi connectivity index (χ4v) is 4.30. The number of rotatable bonds is 5. The minimum absolute atomic E-state index is 0.0657. The Kier molecular flexibility index (Phi) is 4.91. The Morgan fingerprint density at radius 2 is 1.97 bits per heavy atom. The van der Waals surface area contributed by atoms with Crippen molar-refractivity contribution in [1.82, 2.24) is 19.3 Å². The summed E-state index contributed by atoms with van der Waals surface area (Å²) < 4.78 is 27.2. The van der Waals surface area contributed by atoms with E-state index in [1.165, 1.54) is 34.1 Å². The van der Waals surface area contributed by atoms with Gasteiger partial charge < -0.3 is 9.26 Å². The van der Waals surface area contributed by atoms with Crippen LogP contribution in [-0.4, -0.2) is 26.4 Å². The molecule has 3 heterocycles. The zero-order valence-corrected chi connectivity index (χ0v) is 17.5. The Morgan fingerprint density at radius 3 is 2.78 bits per heavy atom. The van der Waals surface area contributed by atoms with Gasteiger partial charge in [0.05, 0.1) is 23.9 Å². The third kappa shape index (κ3) is 3.30. The highest BCUT2D eigenvalue weighted by Gasteiger charge is 2.19. The maximum Gasteiger partial charge on any atom is 0.336 e. The second-order valence-corrected chi connectivity index (χ2v) is 7.75. The Balaban J connectivity index is 1.63. The highest BCUT2D eigenvalue weighted by atomic mass is 32.1. The van der Waals surface area contributed by atoms with Gasteiger partial charge in [-0.15, -0.1) is 11.3 Å². The van der Waals surface area contributed by atoms with Gasteiger partial charge >= 0.3 is 5.69 Å². The van der Waals surface area contributed by atoms with Crippen LogP contribution in [0.1, 0.15) is 5.89 Å². The molecule has 5 rings (SSSR count). The zero-order valence-electron chi connectivity index (χ0n) is 16.7. The van der Waals surface area contributed by atoms with Crippen molar-refractivity contribution >= 4 is 21.6 Å². The second-order valence-electron chi connectivity index (χ2n) is 6.84. The Hall–Kier alpha value is -4.05. The van der Waals surface area contributed by atoms with E-state index < -0.39 is 17.1 Å². The summed E-state index contributed by atoms with van der Waals surface area (Å²) in [6, 6.07) is 14.2. The predicted octanol–water partition coefficient (Wildman–Crippen LogP) is 3.46. The monoisotopic (exact) mass is 450 g/mol. The van der Waals surface area contributed by atoms with Gasteiger partial charge in [-0.2, -0.15) is 4.98 Å². The normalized spacial score (nSPS) is 11.2. The van der Waals surface area contributed by atoms with Gasteiger partial charge in [-0.25, -0.2) is 13.8 Å². The van der Waals surface area contributed by atoms with Crippen molar-refractivity contribution in [2.24, 2.45) is 0 Å². The van der Waals surface area contributed by atoms with Gasteiger partial charge in [0.1, 0.15) is 22.8 Å². The number of benzene rings is 2. The minimum Gasteiger partial charge on any atom is -0.496 e. The molecule has 3 aromatic heterocycles. The van der Waals surface area contributed by atoms with Gasteiger partial charge in [-0.3, -0.25) is 9.36 Å². The predicted molar refractivity (Wildman–Crippen MR) is 117 cm³/mol. The molecule has 0 saturated heterocycles. The van der Waals surface area contributed by atoms with E-state index in [0.717, 1.165) is 10.6 Å². The van der Waals surface area contributed by atoms with Crippen LogP contribution < -0.4 is 16.0 Å². The molecule has 0 spiro atoms. The Bertz CT molecular complexity index is 1570. The first kappa shape index (κ1) is 19.9. The summed E-state index contributed by atoms with van der Waals surface area (Å²) in [5.74, 6) is 0.511. The fourth-order valence-electron chi connectivity index (χ4n) is 3.48. The number of hydrogen-bond acceptors (Lipinski definition) is 7. The largest absolute Gasteiger partial charge is 0.496 e. The van der Waals surface area contributed by atoms with E-state index in [2.05, 4.69) is 10.1 Å². The van der Waals surface area contributed by atoms with Crippen molar-refractivity contribution in [3.8, 4) is 22.8 Å². The molecule has 0 N–H and O–H groups in total. The van der Waals surface area contributed by atoms with Crippen molar-refractivity contribution in [3.05, 3.63) is 92.5 Å². The van der Waals surface area contributed by atoms with Crippen LogP contribution in [0.4, 0.5) is 4.39 Å². The summed E-state index contributed by atoms with van der Waals surface area (Å²) in [5, 5.41) is 5.72. The van der Waals surface area contributed by atoms with E-state index in [0.29, 0.717) is 27.4 Å². The maximum atomic E-state index is 13.8. The summed E-state index contributed by atoms with van der Waals surface area (Å²) in [7, 11) is 1.54. The smallest absolute Gasteiger partial charge is 0.336 e. The van der Waals surface area contributed by atoms with Crippen LogP contribution in [-0.2, 0) is 6.54 Å². The van der Waals surface area contributed by atoms with Crippen molar-refractivity contribution in [2.75, 3.05) is 7.11 Å². The van der Waals surface area contributed by atoms with E-state index in [-0.39, 0.29) is 18.1 Å². The number of methoxy groups -OCH3 is 1. The van der Waals surface area contributed by atoms with Crippen molar-refractivity contribution in [3.63, 3.8) is 0 Å². The van der Waals surface area contributed by atoms with Gasteiger partial charge in [0.2, 0.25) is 11.7 Å². The molecule has 32 heavy (non-hydrogen) atoms. The van der Waals surface area contributed by atoms with E-state index >= 15 is 0 Å². The van der Waals surface area contributed by atoms with Crippen LogP contribution in [0.3, 0.4) is 0 Å². The van der Waals surface area contributed by atoms with Gasteiger partial charge in [-0.1, -0.05) is 23.4 Å². The molecule has 0 aliphatic carbocycles. The molecule has 0 atom stereocenters. The lowest BCUT2D eigenvalue weighted by Crippen LogP contribution is -2.38. The first-order chi connectivity index (χ1) is 15.6. The summed E-state index contributed by atoms with van der Waals surface area (Å²) in [6.07, 6.45) is 0. The molecular weight excluding hydrogens is 435 g/mol. The van der Waals surface area contributed by atoms with Crippen LogP contribution >= 0.6 is 11.3 Å². The van der Waals surface area contributed by atoms with Gasteiger partial charge in [-0.05, 0) is 41.8 Å². The molecule has 0 radical (unpaired) electrons. The molecule has 0 bridgehead atoms. The number of aromatic nitrogens is 4. The standard InChI is InChI=1S/C22H15FN4O4S/c1-30-17-8-3-2-7-15(17)20-24-18(31-25-20)12-26-16-9-10-32-19(16)21(28)27(22(26)29)14-6-4-5-13(23)11-14/h2-11H,12H2,1H3. The van der Waals surface area contributed by atoms with Gasteiger partial charge in [0, 0.05) is 0 Å². The molecule has 2 aromatic carbocycles. The van der Waals surface area contributed by atoms with E-state index in [1.807, 2.05) is 12.1 Å². The van der Waals surface area contributed by atoms with Gasteiger partial charge in [0.25, 0.3) is 5.56 Å². The first-order valence-electron chi connectivity index (χ1n) is 9.52. The molecule has 0 aliphatic rings. The molecule has 8 nitrogen and oxygen atoms in total. The number of nitrogens with zero attached hydrogens (tertiary/aromatic N) is 4.